The Balaban J connectivity index is 1.99. The smallest absolute Gasteiger partial charge is 0.341 e. The van der Waals surface area contributed by atoms with Gasteiger partial charge in [0.2, 0.25) is 0 Å². The lowest BCUT2D eigenvalue weighted by Crippen LogP contribution is -2.08. The Hall–Kier alpha value is -2.16. The highest BCUT2D eigenvalue weighted by atomic mass is 19.1. The van der Waals surface area contributed by atoms with E-state index in [1.807, 2.05) is 30.3 Å². The zero-order valence-corrected chi connectivity index (χ0v) is 12.8. The van der Waals surface area contributed by atoms with Crippen LogP contribution in [0.2, 0.25) is 0 Å². The molecule has 0 heterocycles. The maximum atomic E-state index is 14.1. The first-order valence-corrected chi connectivity index (χ1v) is 7.74. The molecule has 0 unspecified atom stereocenters. The van der Waals surface area contributed by atoms with E-state index in [9.17, 15) is 9.18 Å². The molecule has 0 spiro atoms. The highest BCUT2D eigenvalue weighted by Gasteiger charge is 2.14. The first-order chi connectivity index (χ1) is 10.7. The van der Waals surface area contributed by atoms with Gasteiger partial charge < -0.3 is 4.74 Å². The van der Waals surface area contributed by atoms with Gasteiger partial charge in [-0.05, 0) is 29.7 Å². The minimum absolute atomic E-state index is 0.00447. The number of unbranched alkanes of at least 4 members (excludes halogenated alkanes) is 3. The molecule has 0 aliphatic heterocycles. The van der Waals surface area contributed by atoms with Gasteiger partial charge in [-0.3, -0.25) is 0 Å². The van der Waals surface area contributed by atoms with Gasteiger partial charge in [-0.15, -0.1) is 0 Å². The molecule has 0 atom stereocenters. The molecular weight excluding hydrogens is 279 g/mol. The summed E-state index contributed by atoms with van der Waals surface area (Å²) in [6, 6.07) is 14.1. The summed E-state index contributed by atoms with van der Waals surface area (Å²) in [7, 11) is 0. The van der Waals surface area contributed by atoms with Crippen LogP contribution in [-0.2, 0) is 4.74 Å². The molecule has 0 saturated carbocycles. The van der Waals surface area contributed by atoms with Gasteiger partial charge in [0.25, 0.3) is 0 Å². The highest BCUT2D eigenvalue weighted by molar-refractivity contribution is 5.90. The lowest BCUT2D eigenvalue weighted by Gasteiger charge is -2.07. The van der Waals surface area contributed by atoms with Gasteiger partial charge in [0.15, 0.2) is 0 Å². The van der Waals surface area contributed by atoms with Crippen molar-refractivity contribution >= 4 is 5.97 Å². The Bertz CT molecular complexity index is 608. The Kier molecular flexibility index (Phi) is 6.13. The number of carbonyl (C=O) groups is 1. The lowest BCUT2D eigenvalue weighted by molar-refractivity contribution is 0.0492. The second kappa shape index (κ2) is 8.32. The molecule has 0 saturated heterocycles. The van der Waals surface area contributed by atoms with Crippen LogP contribution in [0.3, 0.4) is 0 Å². The van der Waals surface area contributed by atoms with Gasteiger partial charge in [-0.1, -0.05) is 62.6 Å². The van der Waals surface area contributed by atoms with E-state index in [-0.39, 0.29) is 5.56 Å². The predicted octanol–water partition coefficient (Wildman–Crippen LogP) is 5.23. The summed E-state index contributed by atoms with van der Waals surface area (Å²) in [4.78, 5) is 11.9. The maximum Gasteiger partial charge on any atom is 0.341 e. The second-order valence-corrected chi connectivity index (χ2v) is 5.26. The van der Waals surface area contributed by atoms with Crippen molar-refractivity contribution in [2.75, 3.05) is 6.61 Å². The summed E-state index contributed by atoms with van der Waals surface area (Å²) in [6.07, 6.45) is 4.10. The lowest BCUT2D eigenvalue weighted by atomic mass is 10.0. The van der Waals surface area contributed by atoms with Crippen molar-refractivity contribution in [2.24, 2.45) is 0 Å². The van der Waals surface area contributed by atoms with Gasteiger partial charge in [0.1, 0.15) is 5.82 Å². The van der Waals surface area contributed by atoms with E-state index in [1.54, 1.807) is 6.07 Å². The molecular formula is C19H21FO2. The topological polar surface area (TPSA) is 26.3 Å². The van der Waals surface area contributed by atoms with E-state index in [4.69, 9.17) is 4.74 Å². The SMILES string of the molecule is CCCCCCOC(=O)c1ccc(-c2ccccc2)cc1F. The van der Waals surface area contributed by atoms with Crippen molar-refractivity contribution < 1.29 is 13.9 Å². The van der Waals surface area contributed by atoms with Crippen molar-refractivity contribution in [1.82, 2.24) is 0 Å². The van der Waals surface area contributed by atoms with Gasteiger partial charge in [-0.25, -0.2) is 9.18 Å². The minimum Gasteiger partial charge on any atom is -0.462 e. The van der Waals surface area contributed by atoms with Crippen LogP contribution in [0.4, 0.5) is 4.39 Å². The molecule has 2 aromatic rings. The molecule has 0 fully saturated rings. The fourth-order valence-electron chi connectivity index (χ4n) is 2.26. The molecule has 0 aromatic heterocycles. The molecule has 2 rings (SSSR count). The van der Waals surface area contributed by atoms with Crippen LogP contribution in [-0.4, -0.2) is 12.6 Å². The summed E-state index contributed by atoms with van der Waals surface area (Å²) < 4.78 is 19.2. The summed E-state index contributed by atoms with van der Waals surface area (Å²) in [5.74, 6) is -1.13. The third-order valence-corrected chi connectivity index (χ3v) is 3.53. The quantitative estimate of drug-likeness (QED) is 0.517. The van der Waals surface area contributed by atoms with E-state index in [2.05, 4.69) is 6.92 Å². The number of hydrogen-bond donors (Lipinski definition) is 0. The number of esters is 1. The van der Waals surface area contributed by atoms with Gasteiger partial charge >= 0.3 is 5.97 Å². The molecule has 0 bridgehead atoms. The largest absolute Gasteiger partial charge is 0.462 e. The molecule has 0 amide bonds. The van der Waals surface area contributed by atoms with E-state index in [0.717, 1.165) is 36.8 Å². The van der Waals surface area contributed by atoms with Crippen LogP contribution in [0, 0.1) is 5.82 Å². The van der Waals surface area contributed by atoms with Crippen LogP contribution < -0.4 is 0 Å². The number of hydrogen-bond acceptors (Lipinski definition) is 2. The fraction of sp³-hybridized carbons (Fsp3) is 0.316. The molecule has 116 valence electrons. The van der Waals surface area contributed by atoms with Crippen LogP contribution in [0.25, 0.3) is 11.1 Å². The van der Waals surface area contributed by atoms with Crippen molar-refractivity contribution in [3.8, 4) is 11.1 Å². The Morgan fingerprint density at radius 1 is 1.00 bits per heavy atom. The standard InChI is InChI=1S/C19H21FO2/c1-2-3-4-8-13-22-19(21)17-12-11-16(14-18(17)20)15-9-6-5-7-10-15/h5-7,9-12,14H,2-4,8,13H2,1H3. The Morgan fingerprint density at radius 2 is 1.77 bits per heavy atom. The number of halogens is 1. The summed E-state index contributed by atoms with van der Waals surface area (Å²) in [5, 5.41) is 0. The number of ether oxygens (including phenoxy) is 1. The maximum absolute atomic E-state index is 14.1. The summed E-state index contributed by atoms with van der Waals surface area (Å²) >= 11 is 0. The highest BCUT2D eigenvalue weighted by Crippen LogP contribution is 2.22. The van der Waals surface area contributed by atoms with Crippen molar-refractivity contribution in [3.63, 3.8) is 0 Å². The molecule has 0 radical (unpaired) electrons. The minimum atomic E-state index is -0.589. The van der Waals surface area contributed by atoms with E-state index in [1.165, 1.54) is 12.1 Å². The number of carbonyl (C=O) groups excluding carboxylic acids is 1. The zero-order chi connectivity index (χ0) is 15.8. The van der Waals surface area contributed by atoms with E-state index >= 15 is 0 Å². The average molecular weight is 300 g/mol. The van der Waals surface area contributed by atoms with Crippen LogP contribution in [0.5, 0.6) is 0 Å². The normalized spacial score (nSPS) is 10.5. The number of rotatable bonds is 7. The fourth-order valence-corrected chi connectivity index (χ4v) is 2.26. The van der Waals surface area contributed by atoms with Gasteiger partial charge in [0.05, 0.1) is 12.2 Å². The molecule has 3 heteroatoms. The first-order valence-electron chi connectivity index (χ1n) is 7.74. The average Bonchev–Trinajstić information content (AvgIpc) is 2.55. The van der Waals surface area contributed by atoms with Crippen molar-refractivity contribution in [1.29, 1.82) is 0 Å². The predicted molar refractivity (Wildman–Crippen MR) is 86.3 cm³/mol. The van der Waals surface area contributed by atoms with Crippen molar-refractivity contribution in [2.45, 2.75) is 32.6 Å². The molecule has 0 N–H and O–H groups in total. The molecule has 22 heavy (non-hydrogen) atoms. The molecule has 0 aliphatic rings. The second-order valence-electron chi connectivity index (χ2n) is 5.26. The Labute approximate surface area is 130 Å². The molecule has 2 nitrogen and oxygen atoms in total. The third kappa shape index (κ3) is 4.42. The number of benzene rings is 2. The van der Waals surface area contributed by atoms with Crippen LogP contribution >= 0.6 is 0 Å². The van der Waals surface area contributed by atoms with Crippen LogP contribution in [0.15, 0.2) is 48.5 Å². The van der Waals surface area contributed by atoms with E-state index in [0.29, 0.717) is 6.61 Å². The summed E-state index contributed by atoms with van der Waals surface area (Å²) in [5.41, 5.74) is 1.66. The van der Waals surface area contributed by atoms with Crippen molar-refractivity contribution in [3.05, 3.63) is 59.9 Å². The monoisotopic (exact) mass is 300 g/mol. The molecule has 0 aliphatic carbocycles. The molecule has 2 aromatic carbocycles. The van der Waals surface area contributed by atoms with Gasteiger partial charge in [-0.2, -0.15) is 0 Å². The summed E-state index contributed by atoms with van der Waals surface area (Å²) in [6.45, 7) is 2.47. The van der Waals surface area contributed by atoms with Gasteiger partial charge in [0, 0.05) is 0 Å². The third-order valence-electron chi connectivity index (χ3n) is 3.53. The van der Waals surface area contributed by atoms with Crippen LogP contribution in [0.1, 0.15) is 43.0 Å². The van der Waals surface area contributed by atoms with E-state index < -0.39 is 11.8 Å². The first kappa shape index (κ1) is 16.2. The zero-order valence-electron chi connectivity index (χ0n) is 12.8. The Morgan fingerprint density at radius 3 is 2.45 bits per heavy atom.